The van der Waals surface area contributed by atoms with E-state index in [1.807, 2.05) is 11.5 Å². The zero-order valence-corrected chi connectivity index (χ0v) is 5.64. The topological polar surface area (TPSA) is 40.5 Å². The number of rotatable bonds is 1. The molecule has 0 saturated carbocycles. The minimum Gasteiger partial charge on any atom is -0.423 e. The Kier molecular flexibility index (Phi) is 2.39. The van der Waals surface area contributed by atoms with Crippen LogP contribution in [0.5, 0.6) is 0 Å². The smallest absolute Gasteiger partial charge is 0.423 e. The van der Waals surface area contributed by atoms with E-state index >= 15 is 0 Å². The quantitative estimate of drug-likeness (QED) is 0.524. The van der Waals surface area contributed by atoms with E-state index in [1.54, 1.807) is 5.41 Å². The zero-order chi connectivity index (χ0) is 6.69. The lowest BCUT2D eigenvalue weighted by atomic mass is 9.78. The molecule has 0 saturated heterocycles. The molecule has 0 spiro atoms. The van der Waals surface area contributed by atoms with Crippen LogP contribution in [0.2, 0.25) is 0 Å². The van der Waals surface area contributed by atoms with Crippen molar-refractivity contribution in [3.8, 4) is 0 Å². The molecule has 1 rings (SSSR count). The standard InChI is InChI=1S/C5H7BO2S/c7-6(8)5-2-1-3-9-4-5/h1,3-4,7-8H,2H2. The van der Waals surface area contributed by atoms with Gasteiger partial charge in [0.1, 0.15) is 0 Å². The first-order chi connectivity index (χ1) is 4.30. The van der Waals surface area contributed by atoms with E-state index in [1.165, 1.54) is 11.8 Å². The highest BCUT2D eigenvalue weighted by Crippen LogP contribution is 2.18. The minimum atomic E-state index is -1.28. The molecule has 0 bridgehead atoms. The van der Waals surface area contributed by atoms with Crippen LogP contribution < -0.4 is 0 Å². The van der Waals surface area contributed by atoms with E-state index in [0.29, 0.717) is 11.9 Å². The Morgan fingerprint density at radius 2 is 2.33 bits per heavy atom. The van der Waals surface area contributed by atoms with E-state index in [9.17, 15) is 0 Å². The van der Waals surface area contributed by atoms with Gasteiger partial charge in [-0.05, 0) is 22.7 Å². The largest absolute Gasteiger partial charge is 0.485 e. The summed E-state index contributed by atoms with van der Waals surface area (Å²) in [6, 6.07) is 0. The molecule has 0 fully saturated rings. The van der Waals surface area contributed by atoms with Crippen molar-refractivity contribution in [2.24, 2.45) is 0 Å². The maximum atomic E-state index is 8.62. The van der Waals surface area contributed by atoms with Gasteiger partial charge in [-0.3, -0.25) is 0 Å². The fourth-order valence-electron chi connectivity index (χ4n) is 0.581. The van der Waals surface area contributed by atoms with Gasteiger partial charge < -0.3 is 10.0 Å². The third-order valence-corrected chi connectivity index (χ3v) is 1.87. The molecule has 2 nitrogen and oxygen atoms in total. The molecule has 1 aliphatic heterocycles. The highest BCUT2D eigenvalue weighted by atomic mass is 32.2. The van der Waals surface area contributed by atoms with Crippen molar-refractivity contribution in [1.82, 2.24) is 0 Å². The summed E-state index contributed by atoms with van der Waals surface area (Å²) >= 11 is 1.47. The van der Waals surface area contributed by atoms with Gasteiger partial charge in [-0.15, -0.1) is 11.8 Å². The number of thioether (sulfide) groups is 1. The highest BCUT2D eigenvalue weighted by Gasteiger charge is 2.13. The molecule has 0 amide bonds. The fraction of sp³-hybridized carbons (Fsp3) is 0.200. The first-order valence-electron chi connectivity index (χ1n) is 2.66. The SMILES string of the molecule is OB(O)C1=CSC=CC1. The Morgan fingerprint density at radius 1 is 1.56 bits per heavy atom. The first kappa shape index (κ1) is 6.93. The van der Waals surface area contributed by atoms with Crippen molar-refractivity contribution in [2.45, 2.75) is 6.42 Å². The van der Waals surface area contributed by atoms with Gasteiger partial charge in [-0.2, -0.15) is 0 Å². The average molecular weight is 142 g/mol. The third-order valence-electron chi connectivity index (χ3n) is 1.08. The normalized spacial score (nSPS) is 17.3. The molecule has 0 unspecified atom stereocenters. The maximum Gasteiger partial charge on any atom is 0.485 e. The maximum absolute atomic E-state index is 8.62. The Hall–Kier alpha value is -0.185. The van der Waals surface area contributed by atoms with Crippen molar-refractivity contribution in [3.63, 3.8) is 0 Å². The predicted octanol–water partition coefficient (Wildman–Crippen LogP) is 0.533. The van der Waals surface area contributed by atoms with Crippen LogP contribution in [0.4, 0.5) is 0 Å². The van der Waals surface area contributed by atoms with Crippen LogP contribution in [-0.4, -0.2) is 17.2 Å². The zero-order valence-electron chi connectivity index (χ0n) is 4.82. The predicted molar refractivity (Wildman–Crippen MR) is 39.6 cm³/mol. The van der Waals surface area contributed by atoms with Crippen LogP contribution in [0.1, 0.15) is 6.42 Å². The van der Waals surface area contributed by atoms with Crippen molar-refractivity contribution in [1.29, 1.82) is 0 Å². The summed E-state index contributed by atoms with van der Waals surface area (Å²) in [5.41, 5.74) is 0.669. The Bertz CT molecular complexity index is 153. The fourth-order valence-corrected chi connectivity index (χ4v) is 1.26. The average Bonchev–Trinajstić information content (AvgIpc) is 1.90. The van der Waals surface area contributed by atoms with Gasteiger partial charge in [0.15, 0.2) is 0 Å². The third kappa shape index (κ3) is 1.89. The van der Waals surface area contributed by atoms with Gasteiger partial charge in [0, 0.05) is 0 Å². The summed E-state index contributed by atoms with van der Waals surface area (Å²) in [7, 11) is -1.28. The molecule has 0 aromatic rings. The van der Waals surface area contributed by atoms with Crippen LogP contribution in [0.25, 0.3) is 0 Å². The summed E-state index contributed by atoms with van der Waals surface area (Å²) in [4.78, 5) is 0. The molecular formula is C5H7BO2S. The van der Waals surface area contributed by atoms with Crippen LogP contribution in [0.3, 0.4) is 0 Å². The van der Waals surface area contributed by atoms with Crippen LogP contribution in [0.15, 0.2) is 22.4 Å². The van der Waals surface area contributed by atoms with Gasteiger partial charge in [0.25, 0.3) is 0 Å². The van der Waals surface area contributed by atoms with Gasteiger partial charge in [-0.25, -0.2) is 0 Å². The van der Waals surface area contributed by atoms with Gasteiger partial charge in [0.2, 0.25) is 0 Å². The lowest BCUT2D eigenvalue weighted by Crippen LogP contribution is -2.15. The van der Waals surface area contributed by atoms with Gasteiger partial charge >= 0.3 is 7.12 Å². The molecule has 4 heteroatoms. The van der Waals surface area contributed by atoms with Crippen molar-refractivity contribution < 1.29 is 10.0 Å². The summed E-state index contributed by atoms with van der Waals surface area (Å²) in [6.07, 6.45) is 2.56. The lowest BCUT2D eigenvalue weighted by Gasteiger charge is -2.04. The Morgan fingerprint density at radius 3 is 2.67 bits per heavy atom. The van der Waals surface area contributed by atoms with Crippen LogP contribution in [0, 0.1) is 0 Å². The monoisotopic (exact) mass is 142 g/mol. The molecule has 0 aliphatic carbocycles. The van der Waals surface area contributed by atoms with Crippen LogP contribution >= 0.6 is 11.8 Å². The molecular weight excluding hydrogens is 135 g/mol. The van der Waals surface area contributed by atoms with Gasteiger partial charge in [0.05, 0.1) is 0 Å². The van der Waals surface area contributed by atoms with Crippen molar-refractivity contribution >= 4 is 18.9 Å². The van der Waals surface area contributed by atoms with Crippen molar-refractivity contribution in [2.75, 3.05) is 0 Å². The second kappa shape index (κ2) is 3.10. The second-order valence-electron chi connectivity index (χ2n) is 1.78. The molecule has 0 atom stereocenters. The number of allylic oxidation sites excluding steroid dienone is 2. The molecule has 1 heterocycles. The number of hydrogen-bond acceptors (Lipinski definition) is 3. The molecule has 9 heavy (non-hydrogen) atoms. The molecule has 0 aromatic carbocycles. The molecule has 2 N–H and O–H groups in total. The van der Waals surface area contributed by atoms with Crippen LogP contribution in [-0.2, 0) is 0 Å². The summed E-state index contributed by atoms with van der Waals surface area (Å²) in [5, 5.41) is 20.9. The lowest BCUT2D eigenvalue weighted by molar-refractivity contribution is 0.418. The number of hydrogen-bond donors (Lipinski definition) is 2. The summed E-state index contributed by atoms with van der Waals surface area (Å²) < 4.78 is 0. The molecule has 1 aliphatic rings. The van der Waals surface area contributed by atoms with E-state index in [-0.39, 0.29) is 0 Å². The Labute approximate surface area is 58.4 Å². The Balaban J connectivity index is 2.50. The van der Waals surface area contributed by atoms with E-state index in [4.69, 9.17) is 10.0 Å². The van der Waals surface area contributed by atoms with E-state index in [2.05, 4.69) is 0 Å². The second-order valence-corrected chi connectivity index (χ2v) is 2.56. The molecule has 0 radical (unpaired) electrons. The van der Waals surface area contributed by atoms with Gasteiger partial charge in [-0.1, -0.05) is 6.08 Å². The molecule has 0 aromatic heterocycles. The first-order valence-corrected chi connectivity index (χ1v) is 3.60. The highest BCUT2D eigenvalue weighted by molar-refractivity contribution is 8.05. The van der Waals surface area contributed by atoms with E-state index < -0.39 is 7.12 Å². The summed E-state index contributed by atoms with van der Waals surface area (Å²) in [6.45, 7) is 0. The summed E-state index contributed by atoms with van der Waals surface area (Å²) in [5.74, 6) is 0. The van der Waals surface area contributed by atoms with E-state index in [0.717, 1.165) is 0 Å². The minimum absolute atomic E-state index is 0.657. The molecule has 48 valence electrons. The van der Waals surface area contributed by atoms with Crippen molar-refractivity contribution in [3.05, 3.63) is 22.4 Å².